The van der Waals surface area contributed by atoms with Gasteiger partial charge in [0.2, 0.25) is 17.7 Å². The second-order valence-corrected chi connectivity index (χ2v) is 7.06. The number of pyridine rings is 1. The molecule has 3 rings (SSSR count). The summed E-state index contributed by atoms with van der Waals surface area (Å²) >= 11 is 0. The van der Waals surface area contributed by atoms with Gasteiger partial charge in [-0.05, 0) is 37.8 Å². The summed E-state index contributed by atoms with van der Waals surface area (Å²) in [6.07, 6.45) is 6.94. The molecule has 0 aromatic carbocycles. The molecule has 0 bridgehead atoms. The van der Waals surface area contributed by atoms with Crippen molar-refractivity contribution in [3.05, 3.63) is 24.4 Å². The number of carbonyl (C=O) groups is 3. The topological polar surface area (TPSA) is 91.4 Å². The van der Waals surface area contributed by atoms with Gasteiger partial charge in [0.1, 0.15) is 5.82 Å². The number of rotatable bonds is 5. The van der Waals surface area contributed by atoms with Gasteiger partial charge < -0.3 is 15.5 Å². The Hall–Kier alpha value is -2.44. The molecule has 26 heavy (non-hydrogen) atoms. The van der Waals surface area contributed by atoms with E-state index in [-0.39, 0.29) is 36.1 Å². The van der Waals surface area contributed by atoms with Gasteiger partial charge in [-0.25, -0.2) is 4.98 Å². The number of amides is 3. The van der Waals surface area contributed by atoms with E-state index in [4.69, 9.17) is 0 Å². The summed E-state index contributed by atoms with van der Waals surface area (Å²) in [7, 11) is 0. The van der Waals surface area contributed by atoms with Crippen LogP contribution in [0.15, 0.2) is 24.4 Å². The predicted octanol–water partition coefficient (Wildman–Crippen LogP) is 1.57. The van der Waals surface area contributed by atoms with E-state index >= 15 is 0 Å². The van der Waals surface area contributed by atoms with Gasteiger partial charge in [-0.3, -0.25) is 14.4 Å². The molecule has 0 atom stereocenters. The zero-order valence-electron chi connectivity index (χ0n) is 14.9. The minimum Gasteiger partial charge on any atom is -0.347 e. The lowest BCUT2D eigenvalue weighted by atomic mass is 9.96. The largest absolute Gasteiger partial charge is 0.347 e. The highest BCUT2D eigenvalue weighted by Gasteiger charge is 2.28. The molecule has 1 aliphatic heterocycles. The molecule has 2 N–H and O–H groups in total. The molecule has 0 unspecified atom stereocenters. The maximum Gasteiger partial charge on any atom is 0.241 e. The first-order valence-corrected chi connectivity index (χ1v) is 9.41. The van der Waals surface area contributed by atoms with Crippen LogP contribution in [0.3, 0.4) is 0 Å². The molecule has 2 fully saturated rings. The van der Waals surface area contributed by atoms with Gasteiger partial charge in [0.25, 0.3) is 0 Å². The Bertz CT molecular complexity index is 635. The van der Waals surface area contributed by atoms with Crippen LogP contribution in [0.1, 0.15) is 38.5 Å². The molecular formula is C19H26N4O3. The molecule has 1 saturated heterocycles. The van der Waals surface area contributed by atoms with Gasteiger partial charge >= 0.3 is 0 Å². The van der Waals surface area contributed by atoms with Crippen LogP contribution in [-0.2, 0) is 14.4 Å². The Morgan fingerprint density at radius 1 is 1.00 bits per heavy atom. The summed E-state index contributed by atoms with van der Waals surface area (Å²) in [4.78, 5) is 42.4. The monoisotopic (exact) mass is 358 g/mol. The van der Waals surface area contributed by atoms with Gasteiger partial charge in [0.05, 0.1) is 6.54 Å². The van der Waals surface area contributed by atoms with Crippen LogP contribution in [0, 0.1) is 11.8 Å². The minimum absolute atomic E-state index is 0.000440. The summed E-state index contributed by atoms with van der Waals surface area (Å²) in [6, 6.07) is 5.37. The Balaban J connectivity index is 1.39. The standard InChI is InChI=1S/C19H26N4O3/c24-17(13-21-18(25)14-5-1-2-6-14)23-11-8-15(9-12-23)19(26)22-16-7-3-4-10-20-16/h3-4,7,10,14-15H,1-2,5-6,8-9,11-13H2,(H,21,25)(H,20,22,26). The second-order valence-electron chi connectivity index (χ2n) is 7.06. The van der Waals surface area contributed by atoms with E-state index in [0.29, 0.717) is 31.7 Å². The lowest BCUT2D eigenvalue weighted by molar-refractivity contribution is -0.136. The second kappa shape index (κ2) is 8.78. The van der Waals surface area contributed by atoms with Crippen molar-refractivity contribution in [1.82, 2.24) is 15.2 Å². The van der Waals surface area contributed by atoms with E-state index in [0.717, 1.165) is 25.7 Å². The molecule has 140 valence electrons. The first-order valence-electron chi connectivity index (χ1n) is 9.41. The Morgan fingerprint density at radius 3 is 2.35 bits per heavy atom. The smallest absolute Gasteiger partial charge is 0.241 e. The van der Waals surface area contributed by atoms with Crippen LogP contribution in [0.5, 0.6) is 0 Å². The van der Waals surface area contributed by atoms with Crippen molar-refractivity contribution < 1.29 is 14.4 Å². The molecule has 2 heterocycles. The lowest BCUT2D eigenvalue weighted by Crippen LogP contribution is -2.46. The minimum atomic E-state index is -0.117. The van der Waals surface area contributed by atoms with Crippen molar-refractivity contribution in [2.45, 2.75) is 38.5 Å². The maximum absolute atomic E-state index is 12.3. The zero-order chi connectivity index (χ0) is 18.4. The van der Waals surface area contributed by atoms with E-state index < -0.39 is 0 Å². The number of anilines is 1. The molecule has 1 aromatic heterocycles. The Kier molecular flexibility index (Phi) is 6.20. The lowest BCUT2D eigenvalue weighted by Gasteiger charge is -2.31. The Labute approximate surface area is 153 Å². The molecule has 1 aromatic rings. The highest BCUT2D eigenvalue weighted by Crippen LogP contribution is 2.24. The van der Waals surface area contributed by atoms with Gasteiger partial charge in [0, 0.05) is 31.1 Å². The highest BCUT2D eigenvalue weighted by molar-refractivity contribution is 5.92. The Morgan fingerprint density at radius 2 is 1.69 bits per heavy atom. The van der Waals surface area contributed by atoms with E-state index in [1.165, 1.54) is 0 Å². The third kappa shape index (κ3) is 4.80. The fourth-order valence-electron chi connectivity index (χ4n) is 3.66. The van der Waals surface area contributed by atoms with Gasteiger partial charge in [0.15, 0.2) is 0 Å². The highest BCUT2D eigenvalue weighted by atomic mass is 16.2. The fraction of sp³-hybridized carbons (Fsp3) is 0.579. The molecule has 1 saturated carbocycles. The molecule has 2 aliphatic rings. The van der Waals surface area contributed by atoms with Crippen LogP contribution < -0.4 is 10.6 Å². The molecule has 1 aliphatic carbocycles. The van der Waals surface area contributed by atoms with Crippen LogP contribution in [-0.4, -0.2) is 47.2 Å². The van der Waals surface area contributed by atoms with Gasteiger partial charge in [-0.2, -0.15) is 0 Å². The average Bonchev–Trinajstić information content (AvgIpc) is 3.21. The first kappa shape index (κ1) is 18.4. The number of hydrogen-bond acceptors (Lipinski definition) is 4. The average molecular weight is 358 g/mol. The molecule has 0 radical (unpaired) electrons. The molecule has 7 nitrogen and oxygen atoms in total. The third-order valence-corrected chi connectivity index (χ3v) is 5.27. The van der Waals surface area contributed by atoms with E-state index in [9.17, 15) is 14.4 Å². The quantitative estimate of drug-likeness (QED) is 0.836. The van der Waals surface area contributed by atoms with Crippen LogP contribution in [0.4, 0.5) is 5.82 Å². The number of carbonyl (C=O) groups excluding carboxylic acids is 3. The van der Waals surface area contributed by atoms with Crippen LogP contribution in [0.25, 0.3) is 0 Å². The molecule has 0 spiro atoms. The normalized spacial score (nSPS) is 18.5. The van der Waals surface area contributed by atoms with Crippen LogP contribution in [0.2, 0.25) is 0 Å². The third-order valence-electron chi connectivity index (χ3n) is 5.27. The molecule has 7 heteroatoms. The molecular weight excluding hydrogens is 332 g/mol. The van der Waals surface area contributed by atoms with Crippen molar-refractivity contribution in [3.8, 4) is 0 Å². The summed E-state index contributed by atoms with van der Waals surface area (Å²) in [5.41, 5.74) is 0. The van der Waals surface area contributed by atoms with Gasteiger partial charge in [-0.15, -0.1) is 0 Å². The summed E-state index contributed by atoms with van der Waals surface area (Å²) in [5, 5.41) is 5.59. The van der Waals surface area contributed by atoms with Crippen molar-refractivity contribution in [2.24, 2.45) is 11.8 Å². The SMILES string of the molecule is O=C(NCC(=O)N1CCC(C(=O)Nc2ccccn2)CC1)C1CCCC1. The van der Waals surface area contributed by atoms with E-state index in [1.54, 1.807) is 23.2 Å². The van der Waals surface area contributed by atoms with Crippen molar-refractivity contribution in [2.75, 3.05) is 25.0 Å². The van der Waals surface area contributed by atoms with Crippen molar-refractivity contribution in [3.63, 3.8) is 0 Å². The first-order chi connectivity index (χ1) is 12.6. The number of nitrogens with one attached hydrogen (secondary N) is 2. The predicted molar refractivity (Wildman–Crippen MR) is 97.1 cm³/mol. The maximum atomic E-state index is 12.3. The molecule has 3 amide bonds. The number of likely N-dealkylation sites (tertiary alicyclic amines) is 1. The number of aromatic nitrogens is 1. The van der Waals surface area contributed by atoms with Gasteiger partial charge in [-0.1, -0.05) is 18.9 Å². The number of hydrogen-bond donors (Lipinski definition) is 2. The zero-order valence-corrected chi connectivity index (χ0v) is 14.9. The number of nitrogens with zero attached hydrogens (tertiary/aromatic N) is 2. The van der Waals surface area contributed by atoms with Crippen LogP contribution >= 0.6 is 0 Å². The van der Waals surface area contributed by atoms with Crippen molar-refractivity contribution in [1.29, 1.82) is 0 Å². The summed E-state index contributed by atoms with van der Waals surface area (Å²) in [5.74, 6) is 0.384. The summed E-state index contributed by atoms with van der Waals surface area (Å²) < 4.78 is 0. The summed E-state index contributed by atoms with van der Waals surface area (Å²) in [6.45, 7) is 1.14. The van der Waals surface area contributed by atoms with E-state index in [1.807, 2.05) is 6.07 Å². The van der Waals surface area contributed by atoms with E-state index in [2.05, 4.69) is 15.6 Å². The fourth-order valence-corrected chi connectivity index (χ4v) is 3.66. The number of piperidine rings is 1. The van der Waals surface area contributed by atoms with Crippen molar-refractivity contribution >= 4 is 23.5 Å².